The number of nitrogens with one attached hydrogen (secondary N) is 1. The summed E-state index contributed by atoms with van der Waals surface area (Å²) in [5.41, 5.74) is 4.50. The number of carbonyl (C=O) groups is 1. The van der Waals surface area contributed by atoms with E-state index in [-0.39, 0.29) is 5.91 Å². The molecular weight excluding hydrogens is 355 g/mol. The van der Waals surface area contributed by atoms with E-state index >= 15 is 0 Å². The SMILES string of the molecule is Cc1ccnc(-c2ccc(C(=O)NCc3ccc(Cl)c(Cl)c3)cc2)c1. The fourth-order valence-corrected chi connectivity index (χ4v) is 2.74. The highest BCUT2D eigenvalue weighted by molar-refractivity contribution is 6.42. The molecule has 1 heterocycles. The lowest BCUT2D eigenvalue weighted by atomic mass is 10.1. The number of hydrogen-bond acceptors (Lipinski definition) is 2. The molecule has 5 heteroatoms. The summed E-state index contributed by atoms with van der Waals surface area (Å²) in [6, 6.07) is 16.7. The van der Waals surface area contributed by atoms with Crippen LogP contribution in [0.4, 0.5) is 0 Å². The van der Waals surface area contributed by atoms with Crippen molar-refractivity contribution in [2.75, 3.05) is 0 Å². The van der Waals surface area contributed by atoms with Crippen molar-refractivity contribution in [1.29, 1.82) is 0 Å². The van der Waals surface area contributed by atoms with Gasteiger partial charge in [-0.25, -0.2) is 0 Å². The van der Waals surface area contributed by atoms with E-state index in [1.807, 2.05) is 37.3 Å². The summed E-state index contributed by atoms with van der Waals surface area (Å²) in [5, 5.41) is 3.85. The van der Waals surface area contributed by atoms with Crippen LogP contribution < -0.4 is 5.32 Å². The molecule has 0 bridgehead atoms. The van der Waals surface area contributed by atoms with E-state index in [0.717, 1.165) is 22.4 Å². The van der Waals surface area contributed by atoms with Gasteiger partial charge in [0.05, 0.1) is 15.7 Å². The lowest BCUT2D eigenvalue weighted by molar-refractivity contribution is 0.0951. The predicted molar refractivity (Wildman–Crippen MR) is 102 cm³/mol. The number of benzene rings is 2. The molecule has 126 valence electrons. The Bertz CT molecular complexity index is 908. The van der Waals surface area contributed by atoms with Gasteiger partial charge in [-0.15, -0.1) is 0 Å². The van der Waals surface area contributed by atoms with Crippen molar-refractivity contribution in [3.05, 3.63) is 87.5 Å². The van der Waals surface area contributed by atoms with E-state index in [2.05, 4.69) is 10.3 Å². The van der Waals surface area contributed by atoms with Crippen molar-refractivity contribution in [3.63, 3.8) is 0 Å². The molecule has 0 saturated heterocycles. The minimum Gasteiger partial charge on any atom is -0.348 e. The molecule has 1 N–H and O–H groups in total. The third-order valence-corrected chi connectivity index (χ3v) is 4.53. The molecule has 0 fully saturated rings. The number of hydrogen-bond donors (Lipinski definition) is 1. The summed E-state index contributed by atoms with van der Waals surface area (Å²) in [7, 11) is 0. The molecule has 2 aromatic carbocycles. The Labute approximate surface area is 156 Å². The Kier molecular flexibility index (Phi) is 5.37. The van der Waals surface area contributed by atoms with Gasteiger partial charge in [0.2, 0.25) is 0 Å². The second kappa shape index (κ2) is 7.68. The first-order chi connectivity index (χ1) is 12.0. The summed E-state index contributed by atoms with van der Waals surface area (Å²) in [4.78, 5) is 16.6. The smallest absolute Gasteiger partial charge is 0.251 e. The lowest BCUT2D eigenvalue weighted by Gasteiger charge is -2.07. The highest BCUT2D eigenvalue weighted by Crippen LogP contribution is 2.22. The maximum atomic E-state index is 12.3. The second-order valence-electron chi connectivity index (χ2n) is 5.73. The van der Waals surface area contributed by atoms with Crippen molar-refractivity contribution in [1.82, 2.24) is 10.3 Å². The summed E-state index contributed by atoms with van der Waals surface area (Å²) in [5.74, 6) is -0.144. The molecule has 0 aliphatic heterocycles. The lowest BCUT2D eigenvalue weighted by Crippen LogP contribution is -2.22. The van der Waals surface area contributed by atoms with Crippen LogP contribution in [0.1, 0.15) is 21.5 Å². The minimum absolute atomic E-state index is 0.144. The van der Waals surface area contributed by atoms with Gasteiger partial charge in [0.1, 0.15) is 0 Å². The highest BCUT2D eigenvalue weighted by atomic mass is 35.5. The Morgan fingerprint density at radius 1 is 1.00 bits per heavy atom. The second-order valence-corrected chi connectivity index (χ2v) is 6.54. The zero-order chi connectivity index (χ0) is 17.8. The quantitative estimate of drug-likeness (QED) is 0.677. The molecule has 0 unspecified atom stereocenters. The van der Waals surface area contributed by atoms with E-state index in [1.54, 1.807) is 30.5 Å². The van der Waals surface area contributed by atoms with Crippen LogP contribution in [0.15, 0.2) is 60.8 Å². The molecule has 3 rings (SSSR count). The number of aryl methyl sites for hydroxylation is 1. The standard InChI is InChI=1S/C20H16Cl2N2O/c1-13-8-9-23-19(10-13)15-3-5-16(6-4-15)20(25)24-12-14-2-7-17(21)18(22)11-14/h2-11H,12H2,1H3,(H,24,25). The van der Waals surface area contributed by atoms with Gasteiger partial charge in [-0.1, -0.05) is 41.4 Å². The van der Waals surface area contributed by atoms with Crippen LogP contribution in [0, 0.1) is 6.92 Å². The van der Waals surface area contributed by atoms with Gasteiger partial charge in [-0.2, -0.15) is 0 Å². The Balaban J connectivity index is 1.67. The zero-order valence-corrected chi connectivity index (χ0v) is 15.1. The molecule has 1 amide bonds. The monoisotopic (exact) mass is 370 g/mol. The fourth-order valence-electron chi connectivity index (χ4n) is 2.42. The molecule has 0 radical (unpaired) electrons. The molecule has 0 spiro atoms. The number of nitrogens with zero attached hydrogens (tertiary/aromatic N) is 1. The summed E-state index contributed by atoms with van der Waals surface area (Å²) in [6.45, 7) is 2.41. The maximum Gasteiger partial charge on any atom is 0.251 e. The van der Waals surface area contributed by atoms with Gasteiger partial charge in [0.15, 0.2) is 0 Å². The number of rotatable bonds is 4. The molecule has 0 aliphatic carbocycles. The molecule has 1 aromatic heterocycles. The number of aromatic nitrogens is 1. The van der Waals surface area contributed by atoms with Gasteiger partial charge < -0.3 is 5.32 Å². The Morgan fingerprint density at radius 3 is 2.44 bits per heavy atom. The predicted octanol–water partition coefficient (Wildman–Crippen LogP) is 5.29. The average Bonchev–Trinajstić information content (AvgIpc) is 2.62. The molecule has 0 aliphatic rings. The van der Waals surface area contributed by atoms with E-state index in [1.165, 1.54) is 0 Å². The molecule has 0 saturated carbocycles. The summed E-state index contributed by atoms with van der Waals surface area (Å²) < 4.78 is 0. The van der Waals surface area contributed by atoms with E-state index in [4.69, 9.17) is 23.2 Å². The number of amides is 1. The number of carbonyl (C=O) groups excluding carboxylic acids is 1. The van der Waals surface area contributed by atoms with Gasteiger partial charge in [-0.05, 0) is 54.4 Å². The van der Waals surface area contributed by atoms with E-state index < -0.39 is 0 Å². The largest absolute Gasteiger partial charge is 0.348 e. The van der Waals surface area contributed by atoms with Crippen molar-refractivity contribution in [2.45, 2.75) is 13.5 Å². The first-order valence-electron chi connectivity index (χ1n) is 7.78. The third kappa shape index (κ3) is 4.38. The summed E-state index contributed by atoms with van der Waals surface area (Å²) >= 11 is 11.9. The van der Waals surface area contributed by atoms with Crippen molar-refractivity contribution >= 4 is 29.1 Å². The van der Waals surface area contributed by atoms with Crippen molar-refractivity contribution in [2.24, 2.45) is 0 Å². The molecule has 3 nitrogen and oxygen atoms in total. The average molecular weight is 371 g/mol. The Hall–Kier alpha value is -2.36. The first kappa shape index (κ1) is 17.5. The highest BCUT2D eigenvalue weighted by Gasteiger charge is 2.07. The topological polar surface area (TPSA) is 42.0 Å². The van der Waals surface area contributed by atoms with Crippen LogP contribution >= 0.6 is 23.2 Å². The van der Waals surface area contributed by atoms with E-state index in [0.29, 0.717) is 22.2 Å². The normalized spacial score (nSPS) is 10.5. The number of pyridine rings is 1. The summed E-state index contributed by atoms with van der Waals surface area (Å²) in [6.07, 6.45) is 1.78. The molecule has 3 aromatic rings. The van der Waals surface area contributed by atoms with Crippen LogP contribution in [0.25, 0.3) is 11.3 Å². The molecule has 0 atom stereocenters. The van der Waals surface area contributed by atoms with Crippen LogP contribution in [-0.4, -0.2) is 10.9 Å². The van der Waals surface area contributed by atoms with Crippen LogP contribution in [-0.2, 0) is 6.54 Å². The van der Waals surface area contributed by atoms with Crippen LogP contribution in [0.3, 0.4) is 0 Å². The van der Waals surface area contributed by atoms with Gasteiger partial charge >= 0.3 is 0 Å². The van der Waals surface area contributed by atoms with Gasteiger partial charge in [0.25, 0.3) is 5.91 Å². The van der Waals surface area contributed by atoms with Crippen molar-refractivity contribution in [3.8, 4) is 11.3 Å². The fraction of sp³-hybridized carbons (Fsp3) is 0.100. The van der Waals surface area contributed by atoms with Crippen molar-refractivity contribution < 1.29 is 4.79 Å². The maximum absolute atomic E-state index is 12.3. The first-order valence-corrected chi connectivity index (χ1v) is 8.54. The van der Waals surface area contributed by atoms with Gasteiger partial charge in [-0.3, -0.25) is 9.78 Å². The molecular formula is C20H16Cl2N2O. The van der Waals surface area contributed by atoms with Crippen LogP contribution in [0.5, 0.6) is 0 Å². The van der Waals surface area contributed by atoms with Crippen LogP contribution in [0.2, 0.25) is 10.0 Å². The van der Waals surface area contributed by atoms with E-state index in [9.17, 15) is 4.79 Å². The number of halogens is 2. The zero-order valence-electron chi connectivity index (χ0n) is 13.6. The minimum atomic E-state index is -0.144. The Morgan fingerprint density at radius 2 is 1.76 bits per heavy atom. The third-order valence-electron chi connectivity index (χ3n) is 3.80. The molecule has 25 heavy (non-hydrogen) atoms. The van der Waals surface area contributed by atoms with Gasteiger partial charge in [0, 0.05) is 23.9 Å².